The van der Waals surface area contributed by atoms with Crippen molar-refractivity contribution in [3.63, 3.8) is 0 Å². The Bertz CT molecular complexity index is 658. The van der Waals surface area contributed by atoms with Gasteiger partial charge in [0.05, 0.1) is 16.7 Å². The molecule has 0 bridgehead atoms. The van der Waals surface area contributed by atoms with Gasteiger partial charge in [-0.05, 0) is 45.4 Å². The zero-order chi connectivity index (χ0) is 16.0. The summed E-state index contributed by atoms with van der Waals surface area (Å²) in [5.74, 6) is 0. The maximum Gasteiger partial charge on any atom is 0.244 e. The van der Waals surface area contributed by atoms with Crippen molar-refractivity contribution in [2.45, 2.75) is 44.3 Å². The highest BCUT2D eigenvalue weighted by atomic mass is 35.5. The second-order valence-corrected chi connectivity index (χ2v) is 8.44. The standard InChI is InChI=1S/C14H21ClN2O3S/c1-9-5-11(15)13(6-12(9)16)21(18,19)17-7-10(2)20-14(3,4)8-17/h5-6,10H,7-8,16H2,1-4H3. The van der Waals surface area contributed by atoms with Crippen LogP contribution in [0.4, 0.5) is 5.69 Å². The third kappa shape index (κ3) is 3.34. The van der Waals surface area contributed by atoms with Crippen LogP contribution in [0, 0.1) is 6.92 Å². The normalized spacial score (nSPS) is 23.2. The molecule has 0 aromatic heterocycles. The molecule has 1 atom stereocenters. The molecule has 21 heavy (non-hydrogen) atoms. The number of sulfonamides is 1. The highest BCUT2D eigenvalue weighted by molar-refractivity contribution is 7.89. The monoisotopic (exact) mass is 332 g/mol. The first-order valence-corrected chi connectivity index (χ1v) is 8.58. The molecule has 0 aliphatic carbocycles. The van der Waals surface area contributed by atoms with Gasteiger partial charge in [0.2, 0.25) is 10.0 Å². The Hall–Kier alpha value is -0.820. The fourth-order valence-electron chi connectivity index (χ4n) is 2.58. The lowest BCUT2D eigenvalue weighted by Gasteiger charge is -2.41. The SMILES string of the molecule is Cc1cc(Cl)c(S(=O)(=O)N2CC(C)OC(C)(C)C2)cc1N. The summed E-state index contributed by atoms with van der Waals surface area (Å²) in [5.41, 5.74) is 6.47. The quantitative estimate of drug-likeness (QED) is 0.844. The average Bonchev–Trinajstić information content (AvgIpc) is 2.31. The van der Waals surface area contributed by atoms with Crippen molar-refractivity contribution in [2.24, 2.45) is 0 Å². The number of benzene rings is 1. The van der Waals surface area contributed by atoms with Crippen LogP contribution in [0.15, 0.2) is 17.0 Å². The summed E-state index contributed by atoms with van der Waals surface area (Å²) < 4.78 is 32.8. The van der Waals surface area contributed by atoms with Crippen LogP contribution in [0.2, 0.25) is 5.02 Å². The zero-order valence-electron chi connectivity index (χ0n) is 12.7. The largest absolute Gasteiger partial charge is 0.398 e. The van der Waals surface area contributed by atoms with Crippen molar-refractivity contribution in [3.8, 4) is 0 Å². The minimum Gasteiger partial charge on any atom is -0.398 e. The molecule has 118 valence electrons. The molecule has 1 saturated heterocycles. The van der Waals surface area contributed by atoms with Crippen molar-refractivity contribution in [1.82, 2.24) is 4.31 Å². The third-order valence-electron chi connectivity index (χ3n) is 3.48. The highest BCUT2D eigenvalue weighted by Gasteiger charge is 2.38. The lowest BCUT2D eigenvalue weighted by atomic mass is 10.1. The van der Waals surface area contributed by atoms with Gasteiger partial charge in [0.1, 0.15) is 4.90 Å². The molecule has 1 fully saturated rings. The van der Waals surface area contributed by atoms with Gasteiger partial charge in [-0.25, -0.2) is 8.42 Å². The van der Waals surface area contributed by atoms with E-state index in [9.17, 15) is 8.42 Å². The number of rotatable bonds is 2. The molecule has 5 nitrogen and oxygen atoms in total. The minimum atomic E-state index is -3.69. The van der Waals surface area contributed by atoms with Gasteiger partial charge in [0, 0.05) is 18.8 Å². The Balaban J connectivity index is 2.45. The maximum atomic E-state index is 12.8. The number of halogens is 1. The Morgan fingerprint density at radius 1 is 1.43 bits per heavy atom. The Labute approximate surface area is 131 Å². The maximum absolute atomic E-state index is 12.8. The number of morpholine rings is 1. The van der Waals surface area contributed by atoms with E-state index < -0.39 is 15.6 Å². The van der Waals surface area contributed by atoms with Crippen LogP contribution in [0.1, 0.15) is 26.3 Å². The fraction of sp³-hybridized carbons (Fsp3) is 0.571. The Kier molecular flexibility index (Phi) is 4.28. The molecule has 7 heteroatoms. The Morgan fingerprint density at radius 2 is 2.05 bits per heavy atom. The molecule has 2 rings (SSSR count). The van der Waals surface area contributed by atoms with E-state index in [1.165, 1.54) is 10.4 Å². The third-order valence-corrected chi connectivity index (χ3v) is 5.75. The fourth-order valence-corrected chi connectivity index (χ4v) is 4.84. The lowest BCUT2D eigenvalue weighted by molar-refractivity contribution is -0.109. The van der Waals surface area contributed by atoms with Crippen LogP contribution in [0.3, 0.4) is 0 Å². The first-order valence-electron chi connectivity index (χ1n) is 6.76. The summed E-state index contributed by atoms with van der Waals surface area (Å²) in [6.45, 7) is 7.97. The molecular formula is C14H21ClN2O3S. The first-order chi connectivity index (χ1) is 9.53. The van der Waals surface area contributed by atoms with Crippen molar-refractivity contribution in [3.05, 3.63) is 22.7 Å². The van der Waals surface area contributed by atoms with Gasteiger partial charge < -0.3 is 10.5 Å². The minimum absolute atomic E-state index is 0.0529. The summed E-state index contributed by atoms with van der Waals surface area (Å²) in [7, 11) is -3.69. The van der Waals surface area contributed by atoms with Crippen LogP contribution in [-0.4, -0.2) is 37.5 Å². The van der Waals surface area contributed by atoms with E-state index in [2.05, 4.69) is 0 Å². The molecule has 0 spiro atoms. The molecule has 0 amide bonds. The van der Waals surface area contributed by atoms with E-state index in [0.29, 0.717) is 12.2 Å². The van der Waals surface area contributed by atoms with Gasteiger partial charge in [0.15, 0.2) is 0 Å². The van der Waals surface area contributed by atoms with Crippen LogP contribution in [0.25, 0.3) is 0 Å². The van der Waals surface area contributed by atoms with Gasteiger partial charge in [-0.2, -0.15) is 4.31 Å². The van der Waals surface area contributed by atoms with E-state index >= 15 is 0 Å². The average molecular weight is 333 g/mol. The molecule has 0 saturated carbocycles. The number of aryl methyl sites for hydroxylation is 1. The number of nitrogens with zero attached hydrogens (tertiary/aromatic N) is 1. The molecule has 1 heterocycles. The summed E-state index contributed by atoms with van der Waals surface area (Å²) in [4.78, 5) is 0.0529. The predicted octanol–water partition coefficient (Wildman–Crippen LogP) is 2.42. The summed E-state index contributed by atoms with van der Waals surface area (Å²) in [6, 6.07) is 3.01. The van der Waals surface area contributed by atoms with Gasteiger partial charge in [-0.1, -0.05) is 11.6 Å². The van der Waals surface area contributed by atoms with Crippen molar-refractivity contribution in [1.29, 1.82) is 0 Å². The van der Waals surface area contributed by atoms with Crippen LogP contribution in [-0.2, 0) is 14.8 Å². The summed E-state index contributed by atoms with van der Waals surface area (Å²) in [6.07, 6.45) is -0.176. The van der Waals surface area contributed by atoms with E-state index in [4.69, 9.17) is 22.1 Å². The molecular weight excluding hydrogens is 312 g/mol. The van der Waals surface area contributed by atoms with E-state index in [-0.39, 0.29) is 22.6 Å². The number of hydrogen-bond donors (Lipinski definition) is 1. The number of nitrogens with two attached hydrogens (primary N) is 1. The molecule has 0 radical (unpaired) electrons. The zero-order valence-corrected chi connectivity index (χ0v) is 14.3. The number of nitrogen functional groups attached to an aromatic ring is 1. The molecule has 1 aromatic carbocycles. The van der Waals surface area contributed by atoms with E-state index in [1.807, 2.05) is 20.8 Å². The Morgan fingerprint density at radius 3 is 2.62 bits per heavy atom. The van der Waals surface area contributed by atoms with Gasteiger partial charge in [-0.15, -0.1) is 0 Å². The summed E-state index contributed by atoms with van der Waals surface area (Å²) in [5, 5.41) is 0.193. The van der Waals surface area contributed by atoms with Gasteiger partial charge >= 0.3 is 0 Å². The molecule has 1 unspecified atom stereocenters. The van der Waals surface area contributed by atoms with E-state index in [0.717, 1.165) is 5.56 Å². The van der Waals surface area contributed by atoms with Crippen LogP contribution >= 0.6 is 11.6 Å². The molecule has 1 aliphatic rings. The van der Waals surface area contributed by atoms with Crippen molar-refractivity contribution in [2.75, 3.05) is 18.8 Å². The lowest BCUT2D eigenvalue weighted by Crippen LogP contribution is -2.53. The molecule has 2 N–H and O–H groups in total. The van der Waals surface area contributed by atoms with Gasteiger partial charge in [-0.3, -0.25) is 0 Å². The summed E-state index contributed by atoms with van der Waals surface area (Å²) >= 11 is 6.12. The number of anilines is 1. The highest BCUT2D eigenvalue weighted by Crippen LogP contribution is 2.32. The van der Waals surface area contributed by atoms with Crippen LogP contribution in [0.5, 0.6) is 0 Å². The number of hydrogen-bond acceptors (Lipinski definition) is 4. The first kappa shape index (κ1) is 16.5. The molecule has 1 aromatic rings. The van der Waals surface area contributed by atoms with Crippen LogP contribution < -0.4 is 5.73 Å². The topological polar surface area (TPSA) is 72.6 Å². The van der Waals surface area contributed by atoms with Gasteiger partial charge in [0.25, 0.3) is 0 Å². The molecule has 1 aliphatic heterocycles. The number of ether oxygens (including phenoxy) is 1. The second kappa shape index (κ2) is 5.43. The second-order valence-electron chi connectivity index (χ2n) is 6.12. The smallest absolute Gasteiger partial charge is 0.244 e. The van der Waals surface area contributed by atoms with Crippen molar-refractivity contribution >= 4 is 27.3 Å². The predicted molar refractivity (Wildman–Crippen MR) is 84.0 cm³/mol. The van der Waals surface area contributed by atoms with E-state index in [1.54, 1.807) is 13.0 Å². The van der Waals surface area contributed by atoms with Crippen molar-refractivity contribution < 1.29 is 13.2 Å².